The molecule has 22 heavy (non-hydrogen) atoms. The van der Waals surface area contributed by atoms with Crippen molar-refractivity contribution < 1.29 is 9.47 Å². The topological polar surface area (TPSA) is 18.5 Å². The molecule has 1 aliphatic rings. The van der Waals surface area contributed by atoms with Crippen LogP contribution in [0.3, 0.4) is 0 Å². The van der Waals surface area contributed by atoms with Gasteiger partial charge in [0.25, 0.3) is 0 Å². The molecule has 0 aromatic heterocycles. The Morgan fingerprint density at radius 2 is 1.95 bits per heavy atom. The van der Waals surface area contributed by atoms with Crippen LogP contribution in [0, 0.1) is 0 Å². The minimum Gasteiger partial charge on any atom is -0.353 e. The van der Waals surface area contributed by atoms with Crippen molar-refractivity contribution in [2.45, 2.75) is 70.8 Å². The number of rotatable bonds is 7. The Morgan fingerprint density at radius 3 is 2.59 bits per heavy atom. The molecule has 1 unspecified atom stereocenters. The average Bonchev–Trinajstić information content (AvgIpc) is 2.48. The first kappa shape index (κ1) is 17.7. The summed E-state index contributed by atoms with van der Waals surface area (Å²) in [7, 11) is -0.488. The third kappa shape index (κ3) is 5.22. The van der Waals surface area contributed by atoms with Gasteiger partial charge in [0.05, 0.1) is 15.4 Å². The maximum Gasteiger partial charge on any atom is 0.157 e. The highest BCUT2D eigenvalue weighted by atomic mass is 28.3. The van der Waals surface area contributed by atoms with Crippen molar-refractivity contribution in [1.82, 2.24) is 0 Å². The number of ether oxygens (including phenoxy) is 2. The minimum atomic E-state index is -0.488. The molecule has 123 valence electrons. The van der Waals surface area contributed by atoms with Crippen LogP contribution in [0.4, 0.5) is 0 Å². The second kappa shape index (κ2) is 8.85. The molecule has 1 aromatic carbocycles. The van der Waals surface area contributed by atoms with Crippen LogP contribution in [0.25, 0.3) is 0 Å². The molecule has 0 saturated carbocycles. The molecular formula is C19H31O2Si. The van der Waals surface area contributed by atoms with Crippen molar-refractivity contribution in [1.29, 1.82) is 0 Å². The van der Waals surface area contributed by atoms with Gasteiger partial charge in [-0.1, -0.05) is 57.1 Å². The van der Waals surface area contributed by atoms with Gasteiger partial charge in [-0.2, -0.15) is 0 Å². The second-order valence-corrected chi connectivity index (χ2v) is 10.7. The first-order valence-electron chi connectivity index (χ1n) is 8.77. The second-order valence-electron chi connectivity index (χ2n) is 6.88. The van der Waals surface area contributed by atoms with Gasteiger partial charge < -0.3 is 9.47 Å². The first-order valence-corrected chi connectivity index (χ1v) is 10.4. The van der Waals surface area contributed by atoms with E-state index in [1.54, 1.807) is 5.19 Å². The van der Waals surface area contributed by atoms with Crippen molar-refractivity contribution in [3.05, 3.63) is 29.8 Å². The summed E-state index contributed by atoms with van der Waals surface area (Å²) in [4.78, 5) is 0. The third-order valence-corrected chi connectivity index (χ3v) is 7.80. The van der Waals surface area contributed by atoms with Crippen LogP contribution >= 0.6 is 0 Å². The zero-order valence-electron chi connectivity index (χ0n) is 14.6. The van der Waals surface area contributed by atoms with E-state index in [-0.39, 0.29) is 6.29 Å². The SMILES string of the molecule is CC(C)[Si](c1cccc(CCOC2CCCCO2)c1)C(C)C. The molecule has 1 fully saturated rings. The van der Waals surface area contributed by atoms with Gasteiger partial charge in [0.2, 0.25) is 0 Å². The number of hydrogen-bond acceptors (Lipinski definition) is 2. The molecule has 3 heteroatoms. The highest BCUT2D eigenvalue weighted by molar-refractivity contribution is 6.75. The van der Waals surface area contributed by atoms with Crippen LogP contribution in [0.5, 0.6) is 0 Å². The molecule has 2 rings (SSSR count). The molecule has 0 bridgehead atoms. The minimum absolute atomic E-state index is 0.0304. The molecule has 0 spiro atoms. The molecule has 1 radical (unpaired) electrons. The maximum atomic E-state index is 5.87. The lowest BCUT2D eigenvalue weighted by molar-refractivity contribution is -0.161. The lowest BCUT2D eigenvalue weighted by Crippen LogP contribution is -2.36. The van der Waals surface area contributed by atoms with Crippen LogP contribution < -0.4 is 5.19 Å². The van der Waals surface area contributed by atoms with E-state index in [4.69, 9.17) is 9.47 Å². The molecule has 0 N–H and O–H groups in total. The monoisotopic (exact) mass is 319 g/mol. The average molecular weight is 320 g/mol. The summed E-state index contributed by atoms with van der Waals surface area (Å²) < 4.78 is 11.5. The summed E-state index contributed by atoms with van der Waals surface area (Å²) in [5.41, 5.74) is 2.94. The molecule has 1 aliphatic heterocycles. The van der Waals surface area contributed by atoms with Gasteiger partial charge in [-0.3, -0.25) is 0 Å². The molecule has 1 heterocycles. The fraction of sp³-hybridized carbons (Fsp3) is 0.684. The van der Waals surface area contributed by atoms with E-state index < -0.39 is 8.80 Å². The van der Waals surface area contributed by atoms with E-state index in [0.717, 1.165) is 37.1 Å². The zero-order chi connectivity index (χ0) is 15.9. The van der Waals surface area contributed by atoms with E-state index in [1.807, 2.05) is 0 Å². The summed E-state index contributed by atoms with van der Waals surface area (Å²) in [5.74, 6) is 0. The van der Waals surface area contributed by atoms with E-state index in [1.165, 1.54) is 18.4 Å². The molecular weight excluding hydrogens is 288 g/mol. The largest absolute Gasteiger partial charge is 0.353 e. The highest BCUT2D eigenvalue weighted by Crippen LogP contribution is 2.20. The van der Waals surface area contributed by atoms with Crippen LogP contribution in [0.1, 0.15) is 52.5 Å². The van der Waals surface area contributed by atoms with Crippen LogP contribution in [0.15, 0.2) is 24.3 Å². The van der Waals surface area contributed by atoms with E-state index in [9.17, 15) is 0 Å². The fourth-order valence-electron chi connectivity index (χ4n) is 3.39. The van der Waals surface area contributed by atoms with Gasteiger partial charge in [-0.25, -0.2) is 0 Å². The van der Waals surface area contributed by atoms with Crippen LogP contribution in [0.2, 0.25) is 11.1 Å². The van der Waals surface area contributed by atoms with E-state index >= 15 is 0 Å². The summed E-state index contributed by atoms with van der Waals surface area (Å²) in [5, 5.41) is 1.57. The quantitative estimate of drug-likeness (QED) is 0.698. The summed E-state index contributed by atoms with van der Waals surface area (Å²) in [6.45, 7) is 11.1. The first-order chi connectivity index (χ1) is 10.6. The standard InChI is InChI=1S/C19H31O2Si/c1-15(2)22(16(3)4)18-9-7-8-17(14-18)11-13-21-19-10-5-6-12-20-19/h7-9,14-16,19H,5-6,10-13H2,1-4H3. The highest BCUT2D eigenvalue weighted by Gasteiger charge is 2.22. The Bertz CT molecular complexity index is 431. The van der Waals surface area contributed by atoms with Crippen LogP contribution in [-0.4, -0.2) is 28.3 Å². The van der Waals surface area contributed by atoms with Crippen molar-refractivity contribution in [3.8, 4) is 0 Å². The molecule has 1 atom stereocenters. The van der Waals surface area contributed by atoms with Gasteiger partial charge in [-0.05, 0) is 42.3 Å². The molecule has 0 amide bonds. The van der Waals surface area contributed by atoms with Crippen molar-refractivity contribution in [2.24, 2.45) is 0 Å². The normalized spacial score (nSPS) is 19.3. The van der Waals surface area contributed by atoms with Gasteiger partial charge in [0, 0.05) is 6.61 Å². The Kier molecular flexibility index (Phi) is 7.12. The van der Waals surface area contributed by atoms with Crippen molar-refractivity contribution >= 4 is 14.0 Å². The maximum absolute atomic E-state index is 5.87. The van der Waals surface area contributed by atoms with Crippen molar-refractivity contribution in [2.75, 3.05) is 13.2 Å². The Hall–Kier alpha value is -0.643. The predicted octanol–water partition coefficient (Wildman–Crippen LogP) is 4.29. The van der Waals surface area contributed by atoms with Crippen LogP contribution in [-0.2, 0) is 15.9 Å². The third-order valence-electron chi connectivity index (χ3n) is 4.34. The number of hydrogen-bond donors (Lipinski definition) is 0. The smallest absolute Gasteiger partial charge is 0.157 e. The lowest BCUT2D eigenvalue weighted by atomic mass is 10.1. The molecule has 1 aromatic rings. The Morgan fingerprint density at radius 1 is 1.18 bits per heavy atom. The summed E-state index contributed by atoms with van der Waals surface area (Å²) >= 11 is 0. The van der Waals surface area contributed by atoms with Gasteiger partial charge >= 0.3 is 0 Å². The van der Waals surface area contributed by atoms with Crippen molar-refractivity contribution in [3.63, 3.8) is 0 Å². The van der Waals surface area contributed by atoms with E-state index in [0.29, 0.717) is 0 Å². The van der Waals surface area contributed by atoms with Gasteiger partial charge in [-0.15, -0.1) is 0 Å². The predicted molar refractivity (Wildman–Crippen MR) is 95.3 cm³/mol. The van der Waals surface area contributed by atoms with E-state index in [2.05, 4.69) is 52.0 Å². The molecule has 0 aliphatic carbocycles. The zero-order valence-corrected chi connectivity index (χ0v) is 15.6. The molecule has 1 saturated heterocycles. The lowest BCUT2D eigenvalue weighted by Gasteiger charge is -2.24. The fourth-order valence-corrected chi connectivity index (χ4v) is 6.70. The Labute approximate surface area is 137 Å². The molecule has 2 nitrogen and oxygen atoms in total. The Balaban J connectivity index is 1.90. The number of benzene rings is 1. The van der Waals surface area contributed by atoms with Gasteiger partial charge in [0.1, 0.15) is 0 Å². The van der Waals surface area contributed by atoms with Gasteiger partial charge in [0.15, 0.2) is 6.29 Å². The summed E-state index contributed by atoms with van der Waals surface area (Å²) in [6.07, 6.45) is 4.47. The summed E-state index contributed by atoms with van der Waals surface area (Å²) in [6, 6.07) is 9.19.